The van der Waals surface area contributed by atoms with Gasteiger partial charge in [-0.05, 0) is 32.0 Å². The fraction of sp³-hybridized carbons (Fsp3) is 0.800. The van der Waals surface area contributed by atoms with Gasteiger partial charge in [0.25, 0.3) is 0 Å². The lowest BCUT2D eigenvalue weighted by Crippen LogP contribution is -2.55. The van der Waals surface area contributed by atoms with Crippen LogP contribution in [0.3, 0.4) is 0 Å². The maximum absolute atomic E-state index is 11.3. The molecule has 0 saturated carbocycles. The number of hydrogen-bond acceptors (Lipinski definition) is 6. The largest absolute Gasteiger partial charge is 0.413 e. The molecule has 2 aliphatic heterocycles. The van der Waals surface area contributed by atoms with Gasteiger partial charge in [-0.25, -0.2) is 0 Å². The van der Waals surface area contributed by atoms with Crippen molar-refractivity contribution in [1.29, 1.82) is 0 Å². The average molecular weight is 401 g/mol. The van der Waals surface area contributed by atoms with Crippen LogP contribution in [-0.4, -0.2) is 62.6 Å². The average Bonchev–Trinajstić information content (AvgIpc) is 3.02. The standard InChI is InChI=1S/C20H36O6Si/c1-10-12-22-14-15-17(26-19(6,7)25-15)24-16(14)20(21,11-2)13-23-27(8,9)18(3,4)5/h10-11,14-17,21H,1-2,12-13H2,3-9H3/t14-,15-,16+,17-,20-/m1/s1. The van der Waals surface area contributed by atoms with Gasteiger partial charge in [-0.2, -0.15) is 0 Å². The molecule has 1 N–H and O–H groups in total. The van der Waals surface area contributed by atoms with Crippen LogP contribution in [0.5, 0.6) is 0 Å². The Kier molecular flexibility index (Phi) is 6.49. The van der Waals surface area contributed by atoms with Crippen molar-refractivity contribution in [3.8, 4) is 0 Å². The first-order chi connectivity index (χ1) is 12.3. The Labute approximate surface area is 164 Å². The van der Waals surface area contributed by atoms with E-state index in [-0.39, 0.29) is 11.6 Å². The summed E-state index contributed by atoms with van der Waals surface area (Å²) in [5, 5.41) is 11.4. The minimum atomic E-state index is -2.06. The van der Waals surface area contributed by atoms with Gasteiger partial charge in [-0.3, -0.25) is 0 Å². The minimum Gasteiger partial charge on any atom is -0.413 e. The van der Waals surface area contributed by atoms with Crippen molar-refractivity contribution in [2.24, 2.45) is 0 Å². The van der Waals surface area contributed by atoms with Crippen LogP contribution >= 0.6 is 0 Å². The van der Waals surface area contributed by atoms with E-state index in [1.807, 2.05) is 13.8 Å². The van der Waals surface area contributed by atoms with Gasteiger partial charge in [0, 0.05) is 0 Å². The van der Waals surface area contributed by atoms with Crippen LogP contribution in [-0.2, 0) is 23.4 Å². The summed E-state index contributed by atoms with van der Waals surface area (Å²) in [6.07, 6.45) is 0.834. The molecule has 0 aromatic heterocycles. The van der Waals surface area contributed by atoms with E-state index in [0.29, 0.717) is 6.61 Å². The Balaban J connectivity index is 2.20. The van der Waals surface area contributed by atoms with Crippen molar-refractivity contribution in [2.45, 2.75) is 88.7 Å². The summed E-state index contributed by atoms with van der Waals surface area (Å²) in [7, 11) is -2.06. The van der Waals surface area contributed by atoms with Crippen molar-refractivity contribution >= 4 is 8.32 Å². The van der Waals surface area contributed by atoms with Gasteiger partial charge in [0.1, 0.15) is 23.9 Å². The summed E-state index contributed by atoms with van der Waals surface area (Å²) in [4.78, 5) is 0. The Morgan fingerprint density at radius 3 is 2.33 bits per heavy atom. The van der Waals surface area contributed by atoms with E-state index in [1.165, 1.54) is 6.08 Å². The number of ether oxygens (including phenoxy) is 4. The quantitative estimate of drug-likeness (QED) is 0.498. The molecule has 156 valence electrons. The molecule has 7 heteroatoms. The fourth-order valence-corrected chi connectivity index (χ4v) is 4.04. The molecular weight excluding hydrogens is 364 g/mol. The summed E-state index contributed by atoms with van der Waals surface area (Å²) in [6.45, 7) is 22.3. The van der Waals surface area contributed by atoms with Crippen LogP contribution in [0.15, 0.2) is 25.3 Å². The zero-order chi connectivity index (χ0) is 20.7. The molecule has 0 aromatic carbocycles. The molecule has 0 bridgehead atoms. The van der Waals surface area contributed by atoms with Gasteiger partial charge in [0.15, 0.2) is 20.4 Å². The molecule has 0 amide bonds. The Morgan fingerprint density at radius 1 is 1.19 bits per heavy atom. The monoisotopic (exact) mass is 400 g/mol. The molecule has 2 aliphatic rings. The first-order valence-corrected chi connectivity index (χ1v) is 12.4. The molecule has 27 heavy (non-hydrogen) atoms. The molecule has 5 atom stereocenters. The van der Waals surface area contributed by atoms with Crippen LogP contribution < -0.4 is 0 Å². The summed E-state index contributed by atoms with van der Waals surface area (Å²) in [6, 6.07) is 0. The van der Waals surface area contributed by atoms with Gasteiger partial charge in [-0.15, -0.1) is 13.2 Å². The second kappa shape index (κ2) is 7.70. The lowest BCUT2D eigenvalue weighted by atomic mass is 9.92. The van der Waals surface area contributed by atoms with E-state index < -0.39 is 44.3 Å². The lowest BCUT2D eigenvalue weighted by Gasteiger charge is -2.41. The first-order valence-electron chi connectivity index (χ1n) is 9.50. The van der Waals surface area contributed by atoms with Gasteiger partial charge >= 0.3 is 0 Å². The molecule has 0 unspecified atom stereocenters. The van der Waals surface area contributed by atoms with Gasteiger partial charge < -0.3 is 28.5 Å². The zero-order valence-electron chi connectivity index (χ0n) is 17.8. The van der Waals surface area contributed by atoms with Gasteiger partial charge in [0.2, 0.25) is 0 Å². The van der Waals surface area contributed by atoms with Crippen molar-refractivity contribution in [2.75, 3.05) is 13.2 Å². The molecule has 6 nitrogen and oxygen atoms in total. The van der Waals surface area contributed by atoms with E-state index in [4.69, 9.17) is 23.4 Å². The third kappa shape index (κ3) is 4.72. The highest BCUT2D eigenvalue weighted by molar-refractivity contribution is 6.74. The molecule has 0 spiro atoms. The van der Waals surface area contributed by atoms with Crippen molar-refractivity contribution in [3.63, 3.8) is 0 Å². The number of fused-ring (bicyclic) bond motifs is 1. The molecule has 2 heterocycles. The zero-order valence-corrected chi connectivity index (χ0v) is 18.8. The van der Waals surface area contributed by atoms with E-state index in [2.05, 4.69) is 47.0 Å². The Bertz CT molecular complexity index is 555. The minimum absolute atomic E-state index is 0.0249. The SMILES string of the molecule is C=CCO[C@@H]1[C@H]2OC(C)(C)O[C@H]2O[C@@H]1[C@@](O)(C=C)CO[Si](C)(C)C(C)(C)C. The third-order valence-corrected chi connectivity index (χ3v) is 10.2. The van der Waals surface area contributed by atoms with Crippen LogP contribution in [0, 0.1) is 0 Å². The summed E-state index contributed by atoms with van der Waals surface area (Å²) in [5.41, 5.74) is -1.43. The normalized spacial score (nSPS) is 32.7. The lowest BCUT2D eigenvalue weighted by molar-refractivity contribution is -0.239. The van der Waals surface area contributed by atoms with Gasteiger partial charge in [-0.1, -0.05) is 32.9 Å². The second-order valence-corrected chi connectivity index (χ2v) is 14.2. The molecule has 0 aliphatic carbocycles. The number of hydrogen-bond donors (Lipinski definition) is 1. The Morgan fingerprint density at radius 2 is 1.81 bits per heavy atom. The van der Waals surface area contributed by atoms with Crippen LogP contribution in [0.2, 0.25) is 18.1 Å². The first kappa shape index (κ1) is 22.7. The predicted molar refractivity (Wildman–Crippen MR) is 107 cm³/mol. The van der Waals surface area contributed by atoms with E-state index in [0.717, 1.165) is 0 Å². The maximum atomic E-state index is 11.3. The smallest absolute Gasteiger partial charge is 0.192 e. The predicted octanol–water partition coefficient (Wildman–Crippen LogP) is 3.37. The van der Waals surface area contributed by atoms with Crippen molar-refractivity contribution in [3.05, 3.63) is 25.3 Å². The number of rotatable bonds is 8. The highest BCUT2D eigenvalue weighted by Crippen LogP contribution is 2.43. The molecular formula is C20H36O6Si. The topological polar surface area (TPSA) is 66.4 Å². The second-order valence-electron chi connectivity index (χ2n) is 9.36. The van der Waals surface area contributed by atoms with Crippen molar-refractivity contribution in [1.82, 2.24) is 0 Å². The molecule has 0 aromatic rings. The summed E-state index contributed by atoms with van der Waals surface area (Å²) < 4.78 is 30.0. The number of aliphatic hydroxyl groups is 1. The highest BCUT2D eigenvalue weighted by Gasteiger charge is 2.60. The Hall–Kier alpha value is -0.543. The van der Waals surface area contributed by atoms with E-state index >= 15 is 0 Å². The van der Waals surface area contributed by atoms with E-state index in [9.17, 15) is 5.11 Å². The van der Waals surface area contributed by atoms with Crippen LogP contribution in [0.25, 0.3) is 0 Å². The maximum Gasteiger partial charge on any atom is 0.192 e. The van der Waals surface area contributed by atoms with Gasteiger partial charge in [0.05, 0.1) is 13.2 Å². The summed E-state index contributed by atoms with van der Waals surface area (Å²) >= 11 is 0. The highest BCUT2D eigenvalue weighted by atomic mass is 28.4. The van der Waals surface area contributed by atoms with Crippen LogP contribution in [0.4, 0.5) is 0 Å². The van der Waals surface area contributed by atoms with Crippen molar-refractivity contribution < 1.29 is 28.5 Å². The molecule has 2 fully saturated rings. The third-order valence-electron chi connectivity index (χ3n) is 5.71. The van der Waals surface area contributed by atoms with E-state index in [1.54, 1.807) is 6.08 Å². The molecule has 2 rings (SSSR count). The fourth-order valence-electron chi connectivity index (χ4n) is 3.01. The van der Waals surface area contributed by atoms with Crippen LogP contribution in [0.1, 0.15) is 34.6 Å². The summed E-state index contributed by atoms with van der Waals surface area (Å²) in [5.74, 6) is -0.764. The molecule has 2 saturated heterocycles. The molecule has 0 radical (unpaired) electrons.